The smallest absolute Gasteiger partial charge is 0.265 e. The summed E-state index contributed by atoms with van der Waals surface area (Å²) in [5, 5.41) is 9.73. The largest absolute Gasteiger partial charge is 0.392 e. The summed E-state index contributed by atoms with van der Waals surface area (Å²) in [6, 6.07) is 1.19. The number of hydrogen-bond donors (Lipinski definition) is 2. The number of aromatic nitrogens is 1. The van der Waals surface area contributed by atoms with Gasteiger partial charge in [-0.15, -0.1) is 0 Å². The number of carbonyl (C=O) groups excluding carboxylic acids is 1. The molecule has 1 aromatic rings. The number of primary amides is 1. The minimum absolute atomic E-state index is 0.0417. The maximum Gasteiger partial charge on any atom is 0.265 e. The van der Waals surface area contributed by atoms with Crippen molar-refractivity contribution in [3.8, 4) is 0 Å². The van der Waals surface area contributed by atoms with Crippen molar-refractivity contribution in [3.63, 3.8) is 0 Å². The van der Waals surface area contributed by atoms with Crippen LogP contribution in [0.25, 0.3) is 0 Å². The fraction of sp³-hybridized carbons (Fsp3) is 0.667. The van der Waals surface area contributed by atoms with Crippen molar-refractivity contribution in [1.82, 2.24) is 8.87 Å². The summed E-state index contributed by atoms with van der Waals surface area (Å²) >= 11 is 0. The molecule has 1 heterocycles. The van der Waals surface area contributed by atoms with Crippen molar-refractivity contribution in [3.05, 3.63) is 18.0 Å². The number of sulfonamides is 1. The quantitative estimate of drug-likeness (QED) is 0.798. The molecule has 0 spiro atoms. The van der Waals surface area contributed by atoms with Gasteiger partial charge in [0.15, 0.2) is 0 Å². The van der Waals surface area contributed by atoms with Crippen LogP contribution in [0.5, 0.6) is 0 Å². The Morgan fingerprint density at radius 2 is 2.04 bits per heavy atom. The number of rotatable bonds is 6. The highest BCUT2D eigenvalue weighted by atomic mass is 32.2. The number of aliphatic hydroxyl groups excluding tert-OH is 1. The van der Waals surface area contributed by atoms with Gasteiger partial charge >= 0.3 is 0 Å². The van der Waals surface area contributed by atoms with Crippen molar-refractivity contribution in [2.45, 2.75) is 56.1 Å². The number of hydrogen-bond acceptors (Lipinski definition) is 4. The molecule has 3 N–H and O–H groups in total. The van der Waals surface area contributed by atoms with Gasteiger partial charge in [0.05, 0.1) is 6.10 Å². The average Bonchev–Trinajstić information content (AvgIpc) is 2.88. The van der Waals surface area contributed by atoms with Crippen LogP contribution < -0.4 is 5.73 Å². The van der Waals surface area contributed by atoms with Crippen LogP contribution in [0, 0.1) is 0 Å². The van der Waals surface area contributed by atoms with E-state index in [0.717, 1.165) is 32.1 Å². The van der Waals surface area contributed by atoms with E-state index < -0.39 is 22.0 Å². The zero-order chi connectivity index (χ0) is 17.2. The molecule has 1 aromatic heterocycles. The summed E-state index contributed by atoms with van der Waals surface area (Å²) in [7, 11) is -2.20. The molecule has 8 heteroatoms. The van der Waals surface area contributed by atoms with Crippen LogP contribution in [0.3, 0.4) is 0 Å². The van der Waals surface area contributed by atoms with Crippen LogP contribution in [0.1, 0.15) is 49.5 Å². The predicted molar refractivity (Wildman–Crippen MR) is 86.4 cm³/mol. The van der Waals surface area contributed by atoms with E-state index in [2.05, 4.69) is 0 Å². The summed E-state index contributed by atoms with van der Waals surface area (Å²) in [5.74, 6) is -0.673. The molecular weight excluding hydrogens is 318 g/mol. The second kappa shape index (κ2) is 7.02. The second-order valence-corrected chi connectivity index (χ2v) is 8.14. The summed E-state index contributed by atoms with van der Waals surface area (Å²) in [4.78, 5) is 11.4. The highest BCUT2D eigenvalue weighted by Crippen LogP contribution is 2.28. The Kier molecular flexibility index (Phi) is 5.49. The van der Waals surface area contributed by atoms with E-state index in [4.69, 9.17) is 5.73 Å². The van der Waals surface area contributed by atoms with Gasteiger partial charge < -0.3 is 15.4 Å². The van der Waals surface area contributed by atoms with Gasteiger partial charge in [-0.05, 0) is 25.8 Å². The Morgan fingerprint density at radius 3 is 2.52 bits per heavy atom. The lowest BCUT2D eigenvalue weighted by Crippen LogP contribution is -2.44. The Balaban J connectivity index is 2.38. The zero-order valence-electron chi connectivity index (χ0n) is 13.6. The predicted octanol–water partition coefficient (Wildman–Crippen LogP) is 0.828. The zero-order valence-corrected chi connectivity index (χ0v) is 14.4. The van der Waals surface area contributed by atoms with Crippen LogP contribution >= 0.6 is 0 Å². The first-order chi connectivity index (χ1) is 10.7. The van der Waals surface area contributed by atoms with Gasteiger partial charge in [-0.3, -0.25) is 4.79 Å². The average molecular weight is 343 g/mol. The van der Waals surface area contributed by atoms with Crippen LogP contribution in [-0.2, 0) is 17.1 Å². The van der Waals surface area contributed by atoms with Crippen molar-refractivity contribution in [1.29, 1.82) is 0 Å². The van der Waals surface area contributed by atoms with Crippen molar-refractivity contribution >= 4 is 15.9 Å². The number of amides is 1. The molecule has 2 rings (SSSR count). The standard InChI is InChI=1S/C15H25N3O4S/c1-11(19)9-18(12-6-4-3-5-7-12)23(21,22)13-8-14(15(16)20)17(2)10-13/h8,10-12,19H,3-7,9H2,1-2H3,(H2,16,20)/t11-/m1/s1. The normalized spacial score (nSPS) is 18.3. The summed E-state index contributed by atoms with van der Waals surface area (Å²) in [6.07, 6.45) is 5.30. The Hall–Kier alpha value is -1.38. The SMILES string of the molecule is C[C@@H](O)CN(C1CCCCC1)S(=O)(=O)c1cc(C(N)=O)n(C)c1. The van der Waals surface area contributed by atoms with Crippen LogP contribution in [-0.4, -0.2) is 47.0 Å². The monoisotopic (exact) mass is 343 g/mol. The van der Waals surface area contributed by atoms with Gasteiger partial charge in [-0.1, -0.05) is 19.3 Å². The number of nitrogens with two attached hydrogens (primary N) is 1. The van der Waals surface area contributed by atoms with Crippen molar-refractivity contribution in [2.75, 3.05) is 6.54 Å². The van der Waals surface area contributed by atoms with Crippen molar-refractivity contribution < 1.29 is 18.3 Å². The highest BCUT2D eigenvalue weighted by Gasteiger charge is 2.34. The lowest BCUT2D eigenvalue weighted by Gasteiger charge is -2.33. The van der Waals surface area contributed by atoms with Gasteiger partial charge in [0.1, 0.15) is 10.6 Å². The first-order valence-electron chi connectivity index (χ1n) is 7.89. The molecule has 0 bridgehead atoms. The number of aryl methyl sites for hydroxylation is 1. The van der Waals surface area contributed by atoms with E-state index in [1.165, 1.54) is 21.1 Å². The third-order valence-corrected chi connectivity index (χ3v) is 6.15. The lowest BCUT2D eigenvalue weighted by molar-refractivity contribution is 0.0992. The lowest BCUT2D eigenvalue weighted by atomic mass is 9.95. The molecule has 1 atom stereocenters. The molecule has 1 saturated carbocycles. The molecule has 1 fully saturated rings. The third kappa shape index (κ3) is 3.94. The van der Waals surface area contributed by atoms with Crippen LogP contribution in [0.2, 0.25) is 0 Å². The molecule has 0 saturated heterocycles. The second-order valence-electron chi connectivity index (χ2n) is 6.25. The maximum atomic E-state index is 13.0. The summed E-state index contributed by atoms with van der Waals surface area (Å²) in [6.45, 7) is 1.62. The first-order valence-corrected chi connectivity index (χ1v) is 9.33. The van der Waals surface area contributed by atoms with Gasteiger partial charge in [0.2, 0.25) is 10.0 Å². The Labute approximate surface area is 137 Å². The molecule has 1 aliphatic rings. The third-order valence-electron chi connectivity index (χ3n) is 4.27. The first kappa shape index (κ1) is 18.0. The summed E-state index contributed by atoms with van der Waals surface area (Å²) < 4.78 is 28.8. The molecule has 0 aromatic carbocycles. The molecule has 1 amide bonds. The molecule has 0 unspecified atom stereocenters. The van der Waals surface area contributed by atoms with Crippen LogP contribution in [0.15, 0.2) is 17.2 Å². The molecule has 23 heavy (non-hydrogen) atoms. The fourth-order valence-corrected chi connectivity index (χ4v) is 4.97. The van der Waals surface area contributed by atoms with E-state index in [-0.39, 0.29) is 23.2 Å². The van der Waals surface area contributed by atoms with Gasteiger partial charge in [-0.2, -0.15) is 4.31 Å². The maximum absolute atomic E-state index is 13.0. The Bertz CT molecular complexity index is 660. The van der Waals surface area contributed by atoms with Crippen LogP contribution in [0.4, 0.5) is 0 Å². The minimum Gasteiger partial charge on any atom is -0.392 e. The van der Waals surface area contributed by atoms with E-state index in [1.54, 1.807) is 14.0 Å². The fourth-order valence-electron chi connectivity index (χ4n) is 3.13. The van der Waals surface area contributed by atoms with Gasteiger partial charge in [-0.25, -0.2) is 8.42 Å². The van der Waals surface area contributed by atoms with Gasteiger partial charge in [0, 0.05) is 25.8 Å². The molecule has 7 nitrogen and oxygen atoms in total. The highest BCUT2D eigenvalue weighted by molar-refractivity contribution is 7.89. The van der Waals surface area contributed by atoms with Crippen molar-refractivity contribution in [2.24, 2.45) is 12.8 Å². The van der Waals surface area contributed by atoms with E-state index in [1.807, 2.05) is 0 Å². The molecule has 0 radical (unpaired) electrons. The van der Waals surface area contributed by atoms with Gasteiger partial charge in [0.25, 0.3) is 5.91 Å². The number of aliphatic hydroxyl groups is 1. The van der Waals surface area contributed by atoms with E-state index >= 15 is 0 Å². The Morgan fingerprint density at radius 1 is 1.43 bits per heavy atom. The summed E-state index contributed by atoms with van der Waals surface area (Å²) in [5.41, 5.74) is 5.41. The van der Waals surface area contributed by atoms with E-state index in [0.29, 0.717) is 0 Å². The molecule has 1 aliphatic carbocycles. The molecule has 130 valence electrons. The van der Waals surface area contributed by atoms with E-state index in [9.17, 15) is 18.3 Å². The molecular formula is C15H25N3O4S. The number of carbonyl (C=O) groups is 1. The number of nitrogens with zero attached hydrogens (tertiary/aromatic N) is 2. The molecule has 0 aliphatic heterocycles. The topological polar surface area (TPSA) is 106 Å². The minimum atomic E-state index is -3.79.